The second kappa shape index (κ2) is 7.20. The van der Waals surface area contributed by atoms with Gasteiger partial charge in [0, 0.05) is 19.1 Å². The number of nitrogens with one attached hydrogen (secondary N) is 1. The molecule has 2 aliphatic rings. The van der Waals surface area contributed by atoms with Crippen LogP contribution in [-0.4, -0.2) is 55.5 Å². The highest BCUT2D eigenvalue weighted by Gasteiger charge is 2.40. The number of hydrogen-bond donors (Lipinski definition) is 1. The van der Waals surface area contributed by atoms with Gasteiger partial charge in [0.05, 0.1) is 12.7 Å². The van der Waals surface area contributed by atoms with Crippen LogP contribution in [0, 0.1) is 0 Å². The van der Waals surface area contributed by atoms with Crippen LogP contribution in [0.15, 0.2) is 30.3 Å². The molecule has 2 aliphatic heterocycles. The molecule has 1 N–H and O–H groups in total. The van der Waals surface area contributed by atoms with Crippen molar-refractivity contribution in [3.63, 3.8) is 0 Å². The van der Waals surface area contributed by atoms with Gasteiger partial charge in [-0.15, -0.1) is 0 Å². The van der Waals surface area contributed by atoms with Crippen LogP contribution in [0.5, 0.6) is 0 Å². The van der Waals surface area contributed by atoms with Crippen molar-refractivity contribution < 1.29 is 17.9 Å². The van der Waals surface area contributed by atoms with Crippen molar-refractivity contribution in [3.8, 4) is 0 Å². The zero-order valence-corrected chi connectivity index (χ0v) is 13.1. The van der Waals surface area contributed by atoms with E-state index < -0.39 is 12.2 Å². The molecule has 23 heavy (non-hydrogen) atoms. The summed E-state index contributed by atoms with van der Waals surface area (Å²) >= 11 is 0. The molecule has 0 saturated carbocycles. The zero-order valence-electron chi connectivity index (χ0n) is 13.1. The van der Waals surface area contributed by atoms with E-state index in [1.54, 1.807) is 24.3 Å². The molecule has 1 aromatic rings. The lowest BCUT2D eigenvalue weighted by Crippen LogP contribution is -2.53. The molecule has 1 aromatic carbocycles. The lowest BCUT2D eigenvalue weighted by atomic mass is 10.1. The Morgan fingerprint density at radius 3 is 2.78 bits per heavy atom. The zero-order chi connectivity index (χ0) is 16.3. The maximum absolute atomic E-state index is 13.3. The lowest BCUT2D eigenvalue weighted by molar-refractivity contribution is -0.158. The largest absolute Gasteiger partial charge is 0.404 e. The highest BCUT2D eigenvalue weighted by molar-refractivity contribution is 5.16. The molecule has 3 atom stereocenters. The van der Waals surface area contributed by atoms with Crippen LogP contribution in [0.1, 0.15) is 18.4 Å². The first-order chi connectivity index (χ1) is 11.0. The average Bonchev–Trinajstić information content (AvgIpc) is 2.99. The number of morpholine rings is 1. The molecular formula is C17H23F3N2O. The van der Waals surface area contributed by atoms with Gasteiger partial charge in [0.15, 0.2) is 0 Å². The Hall–Kier alpha value is -1.11. The topological polar surface area (TPSA) is 24.5 Å². The first-order valence-electron chi connectivity index (χ1n) is 8.22. The van der Waals surface area contributed by atoms with E-state index in [1.165, 1.54) is 0 Å². The Labute approximate surface area is 134 Å². The number of fused-ring (bicyclic) bond motifs is 1. The standard InChI is InChI=1S/C17H23F3N2O/c18-17(19,20)16(9-13-5-2-1-3-6-13)21-10-15-11-22-8-4-7-14(22)12-23-15/h1-3,5-6,14-16,21H,4,7-12H2/t14-,15+,16+/m1/s1. The minimum absolute atomic E-state index is 0.0522. The first kappa shape index (κ1) is 16.7. The number of nitrogens with zero attached hydrogens (tertiary/aromatic N) is 1. The van der Waals surface area contributed by atoms with Gasteiger partial charge in [0.1, 0.15) is 6.04 Å². The molecule has 0 unspecified atom stereocenters. The van der Waals surface area contributed by atoms with Gasteiger partial charge in [-0.05, 0) is 31.4 Å². The van der Waals surface area contributed by atoms with Gasteiger partial charge in [-0.25, -0.2) is 0 Å². The fraction of sp³-hybridized carbons (Fsp3) is 0.647. The summed E-state index contributed by atoms with van der Waals surface area (Å²) in [5.74, 6) is 0. The van der Waals surface area contributed by atoms with Crippen molar-refractivity contribution in [1.82, 2.24) is 10.2 Å². The third kappa shape index (κ3) is 4.46. The minimum atomic E-state index is -4.26. The fourth-order valence-electron chi connectivity index (χ4n) is 3.44. The summed E-state index contributed by atoms with van der Waals surface area (Å²) in [6.07, 6.45) is -2.18. The molecular weight excluding hydrogens is 305 g/mol. The Bertz CT molecular complexity index is 494. The molecule has 0 radical (unpaired) electrons. The molecule has 0 spiro atoms. The summed E-state index contributed by atoms with van der Waals surface area (Å²) in [6.45, 7) is 2.65. The summed E-state index contributed by atoms with van der Waals surface area (Å²) in [5.41, 5.74) is 0.687. The van der Waals surface area contributed by atoms with E-state index in [1.807, 2.05) is 6.07 Å². The van der Waals surface area contributed by atoms with Crippen LogP contribution in [0.25, 0.3) is 0 Å². The summed E-state index contributed by atoms with van der Waals surface area (Å²) < 4.78 is 45.5. The Morgan fingerprint density at radius 1 is 1.26 bits per heavy atom. The normalized spacial score (nSPS) is 26.9. The van der Waals surface area contributed by atoms with Crippen molar-refractivity contribution in [2.75, 3.05) is 26.2 Å². The van der Waals surface area contributed by atoms with E-state index in [0.29, 0.717) is 18.2 Å². The number of halogens is 3. The van der Waals surface area contributed by atoms with Gasteiger partial charge in [0.25, 0.3) is 0 Å². The van der Waals surface area contributed by atoms with Gasteiger partial charge in [-0.1, -0.05) is 30.3 Å². The van der Waals surface area contributed by atoms with Crippen LogP contribution in [0.4, 0.5) is 13.2 Å². The van der Waals surface area contributed by atoms with Crippen molar-refractivity contribution in [2.45, 2.75) is 43.6 Å². The third-order valence-electron chi connectivity index (χ3n) is 4.73. The summed E-state index contributed by atoms with van der Waals surface area (Å²) in [7, 11) is 0. The molecule has 0 aliphatic carbocycles. The van der Waals surface area contributed by atoms with Gasteiger partial charge in [-0.2, -0.15) is 13.2 Å². The van der Waals surface area contributed by atoms with Crippen LogP contribution >= 0.6 is 0 Å². The fourth-order valence-corrected chi connectivity index (χ4v) is 3.44. The van der Waals surface area contributed by atoms with Gasteiger partial charge < -0.3 is 10.1 Å². The molecule has 3 rings (SSSR count). The minimum Gasteiger partial charge on any atom is -0.374 e. The SMILES string of the molecule is FC(F)(F)[C@H](Cc1ccccc1)NC[C@H]1CN2CCC[C@@H]2CO1. The Balaban J connectivity index is 1.54. The van der Waals surface area contributed by atoms with E-state index in [9.17, 15) is 13.2 Å². The quantitative estimate of drug-likeness (QED) is 0.899. The average molecular weight is 328 g/mol. The summed E-state index contributed by atoms with van der Waals surface area (Å²) in [4.78, 5) is 2.34. The molecule has 0 bridgehead atoms. The predicted molar refractivity (Wildman–Crippen MR) is 82.3 cm³/mol. The number of benzene rings is 1. The third-order valence-corrected chi connectivity index (χ3v) is 4.73. The van der Waals surface area contributed by atoms with E-state index in [0.717, 1.165) is 25.9 Å². The molecule has 128 valence electrons. The van der Waals surface area contributed by atoms with Crippen LogP contribution < -0.4 is 5.32 Å². The smallest absolute Gasteiger partial charge is 0.374 e. The van der Waals surface area contributed by atoms with Gasteiger partial charge in [0.2, 0.25) is 0 Å². The summed E-state index contributed by atoms with van der Waals surface area (Å²) in [6, 6.07) is 7.72. The predicted octanol–water partition coefficient (Wildman–Crippen LogP) is 2.61. The molecule has 0 amide bonds. The molecule has 6 heteroatoms. The van der Waals surface area contributed by atoms with Gasteiger partial charge >= 0.3 is 6.18 Å². The number of hydrogen-bond acceptors (Lipinski definition) is 3. The number of alkyl halides is 3. The van der Waals surface area contributed by atoms with Crippen molar-refractivity contribution in [1.29, 1.82) is 0 Å². The molecule has 2 saturated heterocycles. The number of ether oxygens (including phenoxy) is 1. The molecule has 3 nitrogen and oxygen atoms in total. The number of rotatable bonds is 5. The summed E-state index contributed by atoms with van der Waals surface area (Å²) in [5, 5.41) is 2.68. The highest BCUT2D eigenvalue weighted by atomic mass is 19.4. The Kier molecular flexibility index (Phi) is 5.24. The monoisotopic (exact) mass is 328 g/mol. The van der Waals surface area contributed by atoms with Crippen LogP contribution in [0.3, 0.4) is 0 Å². The van der Waals surface area contributed by atoms with Crippen molar-refractivity contribution in [2.24, 2.45) is 0 Å². The molecule has 0 aromatic heterocycles. The lowest BCUT2D eigenvalue weighted by Gasteiger charge is -2.36. The second-order valence-electron chi connectivity index (χ2n) is 6.44. The van der Waals surface area contributed by atoms with E-state index in [2.05, 4.69) is 10.2 Å². The second-order valence-corrected chi connectivity index (χ2v) is 6.44. The van der Waals surface area contributed by atoms with Crippen LogP contribution in [0.2, 0.25) is 0 Å². The van der Waals surface area contributed by atoms with Crippen molar-refractivity contribution >= 4 is 0 Å². The van der Waals surface area contributed by atoms with Gasteiger partial charge in [-0.3, -0.25) is 4.90 Å². The first-order valence-corrected chi connectivity index (χ1v) is 8.22. The highest BCUT2D eigenvalue weighted by Crippen LogP contribution is 2.25. The van der Waals surface area contributed by atoms with E-state index >= 15 is 0 Å². The maximum Gasteiger partial charge on any atom is 0.404 e. The Morgan fingerprint density at radius 2 is 2.04 bits per heavy atom. The molecule has 2 heterocycles. The van der Waals surface area contributed by atoms with E-state index in [-0.39, 0.29) is 19.1 Å². The van der Waals surface area contributed by atoms with Crippen molar-refractivity contribution in [3.05, 3.63) is 35.9 Å². The molecule has 2 fully saturated rings. The van der Waals surface area contributed by atoms with Crippen LogP contribution in [-0.2, 0) is 11.2 Å². The maximum atomic E-state index is 13.3. The van der Waals surface area contributed by atoms with E-state index in [4.69, 9.17) is 4.74 Å².